The predicted molar refractivity (Wildman–Crippen MR) is 66.0 cm³/mol. The molecular formula is C11H7N4OP. The van der Waals surface area contributed by atoms with Crippen LogP contribution in [0.3, 0.4) is 0 Å². The predicted octanol–water partition coefficient (Wildman–Crippen LogP) is 1.33. The van der Waals surface area contributed by atoms with Gasteiger partial charge >= 0.3 is 0 Å². The summed E-state index contributed by atoms with van der Waals surface area (Å²) < 4.78 is 2.50. The molecule has 0 saturated heterocycles. The molecule has 0 N–H and O–H groups in total. The zero-order chi connectivity index (χ0) is 12.0. The summed E-state index contributed by atoms with van der Waals surface area (Å²) in [5.74, 6) is 0. The quantitative estimate of drug-likeness (QED) is 0.339. The van der Waals surface area contributed by atoms with Gasteiger partial charge in [-0.25, -0.2) is 14.1 Å². The van der Waals surface area contributed by atoms with Crippen LogP contribution >= 0.6 is 9.39 Å². The highest BCUT2D eigenvalue weighted by molar-refractivity contribution is 7.15. The first-order chi connectivity index (χ1) is 8.22. The molecule has 3 aromatic rings. The Labute approximate surface area is 98.8 Å². The molecule has 0 aliphatic carbocycles. The molecule has 0 bridgehead atoms. The molecule has 5 nitrogen and oxygen atoms in total. The zero-order valence-corrected chi connectivity index (χ0v) is 9.82. The largest absolute Gasteiger partial charge is 0.711 e. The van der Waals surface area contributed by atoms with Gasteiger partial charge in [0.05, 0.1) is 27.2 Å². The van der Waals surface area contributed by atoms with Crippen LogP contribution in [0.2, 0.25) is 0 Å². The summed E-state index contributed by atoms with van der Waals surface area (Å²) in [7, 11) is 2.48. The number of nitriles is 1. The number of aromatic nitrogens is 3. The molecule has 0 radical (unpaired) electrons. The number of rotatable bonds is 0. The molecule has 0 amide bonds. The average Bonchev–Trinajstić information content (AvgIpc) is 2.64. The minimum absolute atomic E-state index is 0.344. The second-order valence-corrected chi connectivity index (χ2v) is 4.16. The van der Waals surface area contributed by atoms with Crippen molar-refractivity contribution in [1.29, 1.82) is 5.26 Å². The Hall–Kier alpha value is -2.18. The second kappa shape index (κ2) is 3.41. The number of hydrogen-bond acceptors (Lipinski definition) is 3. The van der Waals surface area contributed by atoms with E-state index in [1.165, 1.54) is 6.20 Å². The van der Waals surface area contributed by atoms with E-state index < -0.39 is 0 Å². The van der Waals surface area contributed by atoms with Gasteiger partial charge in [-0.3, -0.25) is 0 Å². The molecule has 3 aromatic heterocycles. The standard InChI is InChI=1S/C11H7N4OP/c12-5-7-4-9-8-2-1-3-14(16)11(8)15(17)10(9)6-13-7/h1-4,6H,17H2. The van der Waals surface area contributed by atoms with Crippen molar-refractivity contribution in [2.75, 3.05) is 0 Å². The van der Waals surface area contributed by atoms with Crippen LogP contribution in [0, 0.1) is 16.5 Å². The molecule has 17 heavy (non-hydrogen) atoms. The molecule has 0 aromatic carbocycles. The van der Waals surface area contributed by atoms with Crippen molar-refractivity contribution < 1.29 is 4.73 Å². The Morgan fingerprint density at radius 2 is 2.29 bits per heavy atom. The first-order valence-electron chi connectivity index (χ1n) is 4.90. The molecule has 0 saturated carbocycles. The fourth-order valence-corrected chi connectivity index (χ4v) is 2.42. The highest BCUT2D eigenvalue weighted by Gasteiger charge is 2.16. The van der Waals surface area contributed by atoms with E-state index in [4.69, 9.17) is 5.26 Å². The molecule has 3 rings (SSSR count). The third-order valence-electron chi connectivity index (χ3n) is 2.71. The van der Waals surface area contributed by atoms with Crippen molar-refractivity contribution >= 4 is 31.3 Å². The van der Waals surface area contributed by atoms with Gasteiger partial charge in [0, 0.05) is 5.39 Å². The van der Waals surface area contributed by atoms with E-state index in [-0.39, 0.29) is 0 Å². The van der Waals surface area contributed by atoms with Crippen LogP contribution in [0.4, 0.5) is 0 Å². The number of nitrogens with zero attached hydrogens (tertiary/aromatic N) is 4. The maximum atomic E-state index is 11.7. The summed E-state index contributed by atoms with van der Waals surface area (Å²) in [4.78, 5) is 4.00. The van der Waals surface area contributed by atoms with Crippen molar-refractivity contribution in [1.82, 2.24) is 9.32 Å². The summed E-state index contributed by atoms with van der Waals surface area (Å²) in [6.45, 7) is 0. The van der Waals surface area contributed by atoms with Gasteiger partial charge in [0.1, 0.15) is 11.8 Å². The SMILES string of the molecule is N#Cc1cc2c3ccc[n+]([O-])c3n(P)c2cn1. The summed E-state index contributed by atoms with van der Waals surface area (Å²) in [5.41, 5.74) is 1.68. The van der Waals surface area contributed by atoms with Gasteiger partial charge in [-0.05, 0) is 18.2 Å². The van der Waals surface area contributed by atoms with E-state index in [0.717, 1.165) is 21.0 Å². The third kappa shape index (κ3) is 1.28. The van der Waals surface area contributed by atoms with Crippen LogP contribution < -0.4 is 4.73 Å². The Kier molecular flexibility index (Phi) is 2.01. The lowest BCUT2D eigenvalue weighted by Crippen LogP contribution is -2.26. The lowest BCUT2D eigenvalue weighted by atomic mass is 10.2. The molecule has 82 valence electrons. The molecule has 1 atom stereocenters. The smallest absolute Gasteiger partial charge is 0.294 e. The topological polar surface area (TPSA) is 68.5 Å². The van der Waals surface area contributed by atoms with Crippen molar-refractivity contribution in [3.8, 4) is 6.07 Å². The normalized spacial score (nSPS) is 10.8. The maximum absolute atomic E-state index is 11.7. The van der Waals surface area contributed by atoms with Gasteiger partial charge in [-0.1, -0.05) is 0 Å². The number of hydrogen-bond donors (Lipinski definition) is 0. The van der Waals surface area contributed by atoms with Crippen LogP contribution in [0.25, 0.3) is 21.9 Å². The molecule has 0 aliphatic heterocycles. The Balaban J connectivity index is 2.60. The highest BCUT2D eigenvalue weighted by Crippen LogP contribution is 2.28. The highest BCUT2D eigenvalue weighted by atomic mass is 31.0. The lowest BCUT2D eigenvalue weighted by Gasteiger charge is -2.01. The monoisotopic (exact) mass is 242 g/mol. The van der Waals surface area contributed by atoms with E-state index in [9.17, 15) is 5.21 Å². The van der Waals surface area contributed by atoms with Gasteiger partial charge in [0.25, 0.3) is 5.65 Å². The third-order valence-corrected chi connectivity index (χ3v) is 3.23. The van der Waals surface area contributed by atoms with Gasteiger partial charge in [-0.2, -0.15) is 5.26 Å². The number of fused-ring (bicyclic) bond motifs is 3. The summed E-state index contributed by atoms with van der Waals surface area (Å²) in [5, 5.41) is 22.2. The van der Waals surface area contributed by atoms with Crippen LogP contribution in [0.5, 0.6) is 0 Å². The van der Waals surface area contributed by atoms with Crippen LogP contribution in [0.15, 0.2) is 30.6 Å². The first kappa shape index (κ1) is 10.0. The van der Waals surface area contributed by atoms with Crippen LogP contribution in [0.1, 0.15) is 5.69 Å². The Morgan fingerprint density at radius 3 is 3.06 bits per heavy atom. The van der Waals surface area contributed by atoms with Crippen molar-refractivity contribution in [3.63, 3.8) is 0 Å². The lowest BCUT2D eigenvalue weighted by molar-refractivity contribution is -0.579. The molecule has 3 heterocycles. The fourth-order valence-electron chi connectivity index (χ4n) is 1.96. The van der Waals surface area contributed by atoms with Gasteiger partial charge in [0.2, 0.25) is 0 Å². The van der Waals surface area contributed by atoms with Crippen molar-refractivity contribution in [2.45, 2.75) is 0 Å². The number of pyridine rings is 2. The van der Waals surface area contributed by atoms with E-state index in [1.807, 2.05) is 12.1 Å². The van der Waals surface area contributed by atoms with Crippen molar-refractivity contribution in [2.24, 2.45) is 0 Å². The average molecular weight is 242 g/mol. The molecule has 6 heteroatoms. The molecule has 1 unspecified atom stereocenters. The maximum Gasteiger partial charge on any atom is 0.294 e. The van der Waals surface area contributed by atoms with E-state index in [1.54, 1.807) is 22.7 Å². The molecular weight excluding hydrogens is 235 g/mol. The van der Waals surface area contributed by atoms with E-state index in [0.29, 0.717) is 11.3 Å². The second-order valence-electron chi connectivity index (χ2n) is 3.64. The minimum atomic E-state index is 0.344. The minimum Gasteiger partial charge on any atom is -0.711 e. The van der Waals surface area contributed by atoms with Gasteiger partial charge in [0.15, 0.2) is 5.52 Å². The first-order valence-corrected chi connectivity index (χ1v) is 5.41. The van der Waals surface area contributed by atoms with Crippen LogP contribution in [-0.4, -0.2) is 9.32 Å². The zero-order valence-electron chi connectivity index (χ0n) is 8.66. The van der Waals surface area contributed by atoms with Crippen molar-refractivity contribution in [3.05, 3.63) is 41.5 Å². The molecule has 0 fully saturated rings. The Morgan fingerprint density at radius 1 is 1.47 bits per heavy atom. The summed E-state index contributed by atoms with van der Waals surface area (Å²) in [6, 6.07) is 7.23. The summed E-state index contributed by atoms with van der Waals surface area (Å²) >= 11 is 0. The fraction of sp³-hybridized carbons (Fsp3) is 0. The Bertz CT molecular complexity index is 787. The van der Waals surface area contributed by atoms with Crippen LogP contribution in [-0.2, 0) is 0 Å². The molecule has 0 aliphatic rings. The molecule has 0 spiro atoms. The van der Waals surface area contributed by atoms with E-state index in [2.05, 4.69) is 14.4 Å². The van der Waals surface area contributed by atoms with Gasteiger partial charge < -0.3 is 5.21 Å². The van der Waals surface area contributed by atoms with Gasteiger partial charge in [-0.15, -0.1) is 0 Å². The summed E-state index contributed by atoms with van der Waals surface area (Å²) in [6.07, 6.45) is 3.04. The van der Waals surface area contributed by atoms with E-state index >= 15 is 0 Å².